The minimum absolute atomic E-state index is 0.00303. The van der Waals surface area contributed by atoms with Gasteiger partial charge in [0.15, 0.2) is 11.5 Å². The van der Waals surface area contributed by atoms with Gasteiger partial charge in [0.1, 0.15) is 23.9 Å². The Morgan fingerprint density at radius 3 is 2.48 bits per heavy atom. The van der Waals surface area contributed by atoms with Crippen LogP contribution in [0.3, 0.4) is 0 Å². The number of ether oxygens (including phenoxy) is 3. The lowest BCUT2D eigenvalue weighted by molar-refractivity contribution is 0.102. The van der Waals surface area contributed by atoms with Crippen molar-refractivity contribution < 1.29 is 27.4 Å². The van der Waals surface area contributed by atoms with Crippen LogP contribution >= 0.6 is 0 Å². The van der Waals surface area contributed by atoms with E-state index in [0.29, 0.717) is 43.5 Å². The molecular weight excluding hydrogens is 396 g/mol. The summed E-state index contributed by atoms with van der Waals surface area (Å²) in [6.07, 6.45) is 1.65. The number of rotatable bonds is 5. The molecule has 1 N–H and O–H groups in total. The highest BCUT2D eigenvalue weighted by molar-refractivity contribution is 7.89. The summed E-state index contributed by atoms with van der Waals surface area (Å²) >= 11 is 0. The molecule has 0 radical (unpaired) electrons. The van der Waals surface area contributed by atoms with Gasteiger partial charge < -0.3 is 19.5 Å². The van der Waals surface area contributed by atoms with Gasteiger partial charge in [-0.3, -0.25) is 4.79 Å². The molecule has 0 spiro atoms. The number of sulfonamides is 1. The van der Waals surface area contributed by atoms with Crippen molar-refractivity contribution in [1.29, 1.82) is 0 Å². The molecule has 0 aromatic heterocycles. The molecule has 2 aliphatic rings. The van der Waals surface area contributed by atoms with Crippen molar-refractivity contribution in [2.45, 2.75) is 17.7 Å². The van der Waals surface area contributed by atoms with Gasteiger partial charge in [-0.15, -0.1) is 0 Å². The van der Waals surface area contributed by atoms with Crippen molar-refractivity contribution in [3.05, 3.63) is 42.0 Å². The maximum Gasteiger partial charge on any atom is 0.255 e. The first-order valence-corrected chi connectivity index (χ1v) is 10.8. The van der Waals surface area contributed by atoms with Crippen LogP contribution < -0.4 is 19.5 Å². The monoisotopic (exact) mass is 418 g/mol. The van der Waals surface area contributed by atoms with E-state index >= 15 is 0 Å². The van der Waals surface area contributed by atoms with Gasteiger partial charge in [0.25, 0.3) is 5.91 Å². The smallest absolute Gasteiger partial charge is 0.255 e. The number of hydrogen-bond donors (Lipinski definition) is 1. The average Bonchev–Trinajstić information content (AvgIpc) is 3.29. The normalized spacial score (nSPS) is 16.4. The van der Waals surface area contributed by atoms with E-state index < -0.39 is 15.9 Å². The third kappa shape index (κ3) is 3.88. The SMILES string of the molecule is COc1ccc(C(=O)Nc2ccc3c(c2)OCCO3)cc1S(=O)(=O)N1CCCC1. The maximum atomic E-state index is 13.0. The first kappa shape index (κ1) is 19.5. The fraction of sp³-hybridized carbons (Fsp3) is 0.350. The third-order valence-electron chi connectivity index (χ3n) is 4.91. The Morgan fingerprint density at radius 1 is 1.03 bits per heavy atom. The fourth-order valence-corrected chi connectivity index (χ4v) is 5.11. The molecule has 2 aromatic carbocycles. The van der Waals surface area contributed by atoms with E-state index in [1.165, 1.54) is 29.6 Å². The zero-order valence-corrected chi connectivity index (χ0v) is 16.8. The van der Waals surface area contributed by atoms with E-state index in [1.807, 2.05) is 0 Å². The molecule has 0 unspecified atom stereocenters. The summed E-state index contributed by atoms with van der Waals surface area (Å²) in [6.45, 7) is 1.87. The van der Waals surface area contributed by atoms with Gasteiger partial charge in [0.2, 0.25) is 10.0 Å². The topological polar surface area (TPSA) is 94.2 Å². The van der Waals surface area contributed by atoms with Crippen LogP contribution in [0.5, 0.6) is 17.2 Å². The third-order valence-corrected chi connectivity index (χ3v) is 6.83. The van der Waals surface area contributed by atoms with E-state index in [1.54, 1.807) is 18.2 Å². The molecule has 9 heteroatoms. The molecule has 1 amide bonds. The summed E-state index contributed by atoms with van der Waals surface area (Å²) in [5.41, 5.74) is 0.748. The van der Waals surface area contributed by atoms with Gasteiger partial charge >= 0.3 is 0 Å². The van der Waals surface area contributed by atoms with Gasteiger partial charge in [-0.2, -0.15) is 4.31 Å². The van der Waals surface area contributed by atoms with Gasteiger partial charge in [-0.25, -0.2) is 8.42 Å². The molecule has 0 saturated carbocycles. The Balaban J connectivity index is 1.60. The number of fused-ring (bicyclic) bond motifs is 1. The number of nitrogens with one attached hydrogen (secondary N) is 1. The number of amides is 1. The van der Waals surface area contributed by atoms with Crippen LogP contribution in [0.25, 0.3) is 0 Å². The highest BCUT2D eigenvalue weighted by atomic mass is 32.2. The molecule has 154 valence electrons. The number of benzene rings is 2. The summed E-state index contributed by atoms with van der Waals surface area (Å²) in [5, 5.41) is 2.77. The zero-order chi connectivity index (χ0) is 20.4. The Bertz CT molecular complexity index is 1030. The summed E-state index contributed by atoms with van der Waals surface area (Å²) in [7, 11) is -2.32. The summed E-state index contributed by atoms with van der Waals surface area (Å²) in [6, 6.07) is 9.51. The highest BCUT2D eigenvalue weighted by Crippen LogP contribution is 2.33. The van der Waals surface area contributed by atoms with Gasteiger partial charge in [-0.05, 0) is 43.2 Å². The predicted octanol–water partition coefficient (Wildman–Crippen LogP) is 2.50. The summed E-state index contributed by atoms with van der Waals surface area (Å²) in [5.74, 6) is 0.966. The molecule has 0 atom stereocenters. The first-order valence-electron chi connectivity index (χ1n) is 9.38. The molecule has 1 fully saturated rings. The van der Waals surface area contributed by atoms with Crippen LogP contribution in [0.15, 0.2) is 41.3 Å². The van der Waals surface area contributed by atoms with Gasteiger partial charge in [-0.1, -0.05) is 0 Å². The van der Waals surface area contributed by atoms with E-state index in [9.17, 15) is 13.2 Å². The van der Waals surface area contributed by atoms with Crippen LogP contribution in [0.4, 0.5) is 5.69 Å². The minimum Gasteiger partial charge on any atom is -0.495 e. The molecule has 8 nitrogen and oxygen atoms in total. The summed E-state index contributed by atoms with van der Waals surface area (Å²) in [4.78, 5) is 12.7. The van der Waals surface area contributed by atoms with Crippen LogP contribution in [0.1, 0.15) is 23.2 Å². The Kier molecular flexibility index (Phi) is 5.33. The average molecular weight is 418 g/mol. The number of methoxy groups -OCH3 is 1. The molecule has 2 heterocycles. The number of anilines is 1. The molecule has 2 aromatic rings. The van der Waals surface area contributed by atoms with Gasteiger partial charge in [0, 0.05) is 30.4 Å². The second kappa shape index (κ2) is 7.92. The number of carbonyl (C=O) groups excluding carboxylic acids is 1. The lowest BCUT2D eigenvalue weighted by Crippen LogP contribution is -2.28. The number of nitrogens with zero attached hydrogens (tertiary/aromatic N) is 1. The van der Waals surface area contributed by atoms with Crippen molar-refractivity contribution in [1.82, 2.24) is 4.31 Å². The maximum absolute atomic E-state index is 13.0. The molecule has 1 saturated heterocycles. The van der Waals surface area contributed by atoms with E-state index in [4.69, 9.17) is 14.2 Å². The fourth-order valence-electron chi connectivity index (χ4n) is 3.41. The number of hydrogen-bond acceptors (Lipinski definition) is 6. The molecule has 4 rings (SSSR count). The van der Waals surface area contributed by atoms with Crippen molar-refractivity contribution in [3.63, 3.8) is 0 Å². The Hall–Kier alpha value is -2.78. The Morgan fingerprint density at radius 2 is 1.76 bits per heavy atom. The van der Waals surface area contributed by atoms with Crippen LogP contribution in [-0.4, -0.2) is 52.0 Å². The van der Waals surface area contributed by atoms with Crippen LogP contribution in [-0.2, 0) is 10.0 Å². The van der Waals surface area contributed by atoms with E-state index in [2.05, 4.69) is 5.32 Å². The van der Waals surface area contributed by atoms with E-state index in [0.717, 1.165) is 12.8 Å². The lowest BCUT2D eigenvalue weighted by atomic mass is 10.2. The lowest BCUT2D eigenvalue weighted by Gasteiger charge is -2.19. The van der Waals surface area contributed by atoms with E-state index in [-0.39, 0.29) is 16.2 Å². The second-order valence-electron chi connectivity index (χ2n) is 6.79. The number of carbonyl (C=O) groups is 1. The van der Waals surface area contributed by atoms with Crippen LogP contribution in [0.2, 0.25) is 0 Å². The van der Waals surface area contributed by atoms with Gasteiger partial charge in [0.05, 0.1) is 7.11 Å². The molecule has 0 bridgehead atoms. The minimum atomic E-state index is -3.73. The first-order chi connectivity index (χ1) is 14.0. The molecule has 29 heavy (non-hydrogen) atoms. The molecule has 2 aliphatic heterocycles. The molecule has 0 aliphatic carbocycles. The van der Waals surface area contributed by atoms with Crippen molar-refractivity contribution in [2.24, 2.45) is 0 Å². The predicted molar refractivity (Wildman–Crippen MR) is 106 cm³/mol. The summed E-state index contributed by atoms with van der Waals surface area (Å²) < 4.78 is 43.6. The quantitative estimate of drug-likeness (QED) is 0.802. The standard InChI is InChI=1S/C20H22N2O6S/c1-26-17-6-4-14(12-19(17)29(24,25)22-8-2-3-9-22)20(23)21-15-5-7-16-18(13-15)28-11-10-27-16/h4-7,12-13H,2-3,8-11H2,1H3,(H,21,23). The van der Waals surface area contributed by atoms with Crippen molar-refractivity contribution in [3.8, 4) is 17.2 Å². The molecular formula is C20H22N2O6S. The second-order valence-corrected chi connectivity index (χ2v) is 8.70. The van der Waals surface area contributed by atoms with Crippen molar-refractivity contribution in [2.75, 3.05) is 38.7 Å². The highest BCUT2D eigenvalue weighted by Gasteiger charge is 2.30. The van der Waals surface area contributed by atoms with Crippen molar-refractivity contribution >= 4 is 21.6 Å². The Labute approximate surface area is 169 Å². The zero-order valence-electron chi connectivity index (χ0n) is 16.0. The van der Waals surface area contributed by atoms with Crippen LogP contribution in [0, 0.1) is 0 Å². The largest absolute Gasteiger partial charge is 0.495 e.